The molecule has 0 radical (unpaired) electrons. The number of hydrogen-bond acceptors (Lipinski definition) is 5. The van der Waals surface area contributed by atoms with Gasteiger partial charge in [-0.3, -0.25) is 19.3 Å². The van der Waals surface area contributed by atoms with Gasteiger partial charge in [0.25, 0.3) is 11.8 Å². The number of amides is 4. The highest BCUT2D eigenvalue weighted by Gasteiger charge is 2.55. The van der Waals surface area contributed by atoms with E-state index in [0.29, 0.717) is 6.42 Å². The molecule has 0 unspecified atom stereocenters. The lowest BCUT2D eigenvalue weighted by Gasteiger charge is -2.36. The largest absolute Gasteiger partial charge is 0.454 e. The van der Waals surface area contributed by atoms with Crippen molar-refractivity contribution in [2.45, 2.75) is 82.7 Å². The molecule has 3 aliphatic carbocycles. The Morgan fingerprint density at radius 2 is 2.00 bits per heavy atom. The van der Waals surface area contributed by atoms with E-state index in [-0.39, 0.29) is 30.4 Å². The van der Waals surface area contributed by atoms with Crippen LogP contribution in [0.2, 0.25) is 0 Å². The molecule has 1 spiro atoms. The van der Waals surface area contributed by atoms with Crippen molar-refractivity contribution in [3.8, 4) is 0 Å². The van der Waals surface area contributed by atoms with E-state index < -0.39 is 24.1 Å². The zero-order valence-electron chi connectivity index (χ0n) is 17.7. The van der Waals surface area contributed by atoms with E-state index in [2.05, 4.69) is 11.4 Å². The number of imide groups is 1. The molecule has 4 aliphatic rings. The van der Waals surface area contributed by atoms with Crippen LogP contribution in [-0.4, -0.2) is 58.3 Å². The molecular weight excluding hydrogens is 386 g/mol. The minimum atomic E-state index is -0.901. The summed E-state index contributed by atoms with van der Waals surface area (Å²) < 4.78 is 5.18. The number of allylic oxidation sites excluding steroid dienone is 2. The van der Waals surface area contributed by atoms with Gasteiger partial charge in [0.15, 0.2) is 6.61 Å². The predicted molar refractivity (Wildman–Crippen MR) is 108 cm³/mol. The van der Waals surface area contributed by atoms with Crippen molar-refractivity contribution in [1.29, 1.82) is 0 Å². The Balaban J connectivity index is 1.33. The Morgan fingerprint density at radius 3 is 2.67 bits per heavy atom. The molecular formula is C22H31N3O5. The van der Waals surface area contributed by atoms with Crippen molar-refractivity contribution in [1.82, 2.24) is 15.1 Å². The van der Waals surface area contributed by atoms with Gasteiger partial charge in [-0.15, -0.1) is 0 Å². The van der Waals surface area contributed by atoms with Crippen LogP contribution in [0.25, 0.3) is 0 Å². The van der Waals surface area contributed by atoms with Crippen molar-refractivity contribution in [3.63, 3.8) is 0 Å². The topological polar surface area (TPSA) is 96.0 Å². The van der Waals surface area contributed by atoms with Gasteiger partial charge in [0.1, 0.15) is 12.1 Å². The highest BCUT2D eigenvalue weighted by Crippen LogP contribution is 2.38. The molecule has 3 fully saturated rings. The van der Waals surface area contributed by atoms with E-state index in [1.807, 2.05) is 6.92 Å². The fraction of sp³-hybridized carbons (Fsp3) is 0.727. The van der Waals surface area contributed by atoms with Crippen LogP contribution in [0.15, 0.2) is 11.8 Å². The van der Waals surface area contributed by atoms with Crippen LogP contribution in [-0.2, 0) is 19.1 Å². The number of nitrogens with one attached hydrogen (secondary N) is 1. The van der Waals surface area contributed by atoms with Crippen LogP contribution in [0.5, 0.6) is 0 Å². The number of carbonyl (C=O) groups is 4. The molecule has 164 valence electrons. The van der Waals surface area contributed by atoms with Gasteiger partial charge in [-0.05, 0) is 57.3 Å². The Kier molecular flexibility index (Phi) is 5.84. The lowest BCUT2D eigenvalue weighted by Crippen LogP contribution is -2.54. The minimum Gasteiger partial charge on any atom is -0.454 e. The molecule has 4 amide bonds. The summed E-state index contributed by atoms with van der Waals surface area (Å²) in [6.07, 6.45) is 11.5. The Hall–Kier alpha value is -2.38. The number of nitrogens with zero attached hydrogens (tertiary/aromatic N) is 2. The maximum absolute atomic E-state index is 12.9. The maximum Gasteiger partial charge on any atom is 0.326 e. The van der Waals surface area contributed by atoms with E-state index in [1.165, 1.54) is 0 Å². The molecule has 1 N–H and O–H groups in total. The normalized spacial score (nSPS) is 28.9. The highest BCUT2D eigenvalue weighted by molar-refractivity contribution is 6.09. The van der Waals surface area contributed by atoms with Crippen molar-refractivity contribution in [2.24, 2.45) is 5.92 Å². The van der Waals surface area contributed by atoms with Gasteiger partial charge < -0.3 is 15.0 Å². The summed E-state index contributed by atoms with van der Waals surface area (Å²) in [5.41, 5.74) is 0.133. The summed E-state index contributed by atoms with van der Waals surface area (Å²) in [6.45, 7) is 1.14. The number of urea groups is 1. The number of ether oxygens (including phenoxy) is 1. The molecule has 4 rings (SSSR count). The molecule has 1 saturated heterocycles. The molecule has 0 bridgehead atoms. The molecule has 0 aromatic rings. The third-order valence-corrected chi connectivity index (χ3v) is 6.90. The second kappa shape index (κ2) is 8.40. The number of esters is 1. The van der Waals surface area contributed by atoms with Gasteiger partial charge >= 0.3 is 12.0 Å². The maximum atomic E-state index is 12.9. The quantitative estimate of drug-likeness (QED) is 0.529. The molecule has 1 aliphatic heterocycles. The summed E-state index contributed by atoms with van der Waals surface area (Å²) in [7, 11) is 0. The third-order valence-electron chi connectivity index (χ3n) is 6.90. The van der Waals surface area contributed by atoms with Gasteiger partial charge in [-0.25, -0.2) is 4.79 Å². The first-order valence-electron chi connectivity index (χ1n) is 11.2. The van der Waals surface area contributed by atoms with Gasteiger partial charge in [0.05, 0.1) is 0 Å². The molecule has 2 atom stereocenters. The van der Waals surface area contributed by atoms with E-state index in [9.17, 15) is 19.2 Å². The predicted octanol–water partition coefficient (Wildman–Crippen LogP) is 2.48. The zero-order valence-corrected chi connectivity index (χ0v) is 17.7. The van der Waals surface area contributed by atoms with Crippen molar-refractivity contribution >= 4 is 23.8 Å². The lowest BCUT2D eigenvalue weighted by molar-refractivity contribution is -0.153. The summed E-state index contributed by atoms with van der Waals surface area (Å²) >= 11 is 0. The average molecular weight is 418 g/mol. The molecule has 2 saturated carbocycles. The van der Waals surface area contributed by atoms with Crippen molar-refractivity contribution in [2.75, 3.05) is 13.2 Å². The van der Waals surface area contributed by atoms with Crippen LogP contribution in [0, 0.1) is 5.92 Å². The van der Waals surface area contributed by atoms with Gasteiger partial charge in [0.2, 0.25) is 0 Å². The molecule has 8 heteroatoms. The fourth-order valence-corrected chi connectivity index (χ4v) is 5.00. The Bertz CT molecular complexity index is 775. The first kappa shape index (κ1) is 20.9. The Labute approximate surface area is 177 Å². The molecule has 30 heavy (non-hydrogen) atoms. The summed E-state index contributed by atoms with van der Waals surface area (Å²) in [5.74, 6) is -1.29. The summed E-state index contributed by atoms with van der Waals surface area (Å²) in [5, 5.41) is 2.82. The summed E-state index contributed by atoms with van der Waals surface area (Å²) in [6, 6.07) is -0.344. The van der Waals surface area contributed by atoms with Crippen LogP contribution < -0.4 is 5.32 Å². The first-order valence-corrected chi connectivity index (χ1v) is 11.2. The average Bonchev–Trinajstić information content (AvgIpc) is 3.54. The summed E-state index contributed by atoms with van der Waals surface area (Å²) in [4.78, 5) is 53.1. The SMILES string of the molecule is C[C@H]1CCCC[C@]12NC(=O)N(CC(=O)OCC(=O)N(C1=CCCCC1)C1CC1)C2=O. The first-order chi connectivity index (χ1) is 14.4. The van der Waals surface area contributed by atoms with Crippen LogP contribution >= 0.6 is 0 Å². The monoisotopic (exact) mass is 417 g/mol. The van der Waals surface area contributed by atoms with Crippen molar-refractivity contribution in [3.05, 3.63) is 11.8 Å². The smallest absolute Gasteiger partial charge is 0.326 e. The van der Waals surface area contributed by atoms with Gasteiger partial charge in [-0.2, -0.15) is 0 Å². The van der Waals surface area contributed by atoms with E-state index >= 15 is 0 Å². The number of hydrogen-bond donors (Lipinski definition) is 1. The van der Waals surface area contributed by atoms with Crippen LogP contribution in [0.1, 0.15) is 71.1 Å². The van der Waals surface area contributed by atoms with Crippen molar-refractivity contribution < 1.29 is 23.9 Å². The van der Waals surface area contributed by atoms with Crippen LogP contribution in [0.4, 0.5) is 4.79 Å². The minimum absolute atomic E-state index is 0.0289. The second-order valence-corrected chi connectivity index (χ2v) is 9.04. The van der Waals surface area contributed by atoms with Gasteiger partial charge in [0, 0.05) is 11.7 Å². The standard InChI is InChI=1S/C22H31N3O5/c1-15-7-5-6-12-22(15)20(28)24(21(29)23-22)13-19(27)30-14-18(26)25(17-10-11-17)16-8-3-2-4-9-16/h8,15,17H,2-7,9-14H2,1H3,(H,23,29)/t15-,22-/m0/s1. The zero-order chi connectivity index (χ0) is 21.3. The van der Waals surface area contributed by atoms with E-state index in [0.717, 1.165) is 68.4 Å². The third kappa shape index (κ3) is 3.96. The molecule has 1 heterocycles. The molecule has 0 aromatic heterocycles. The van der Waals surface area contributed by atoms with E-state index in [4.69, 9.17) is 4.74 Å². The highest BCUT2D eigenvalue weighted by atomic mass is 16.5. The fourth-order valence-electron chi connectivity index (χ4n) is 5.00. The van der Waals surface area contributed by atoms with Crippen LogP contribution in [0.3, 0.4) is 0 Å². The molecule has 0 aromatic carbocycles. The molecule has 8 nitrogen and oxygen atoms in total. The number of carbonyl (C=O) groups excluding carboxylic acids is 4. The Morgan fingerprint density at radius 1 is 1.20 bits per heavy atom. The van der Waals surface area contributed by atoms with Gasteiger partial charge in [-0.1, -0.05) is 25.8 Å². The number of rotatable bonds is 6. The lowest BCUT2D eigenvalue weighted by atomic mass is 9.73. The second-order valence-electron chi connectivity index (χ2n) is 9.04. The van der Waals surface area contributed by atoms with E-state index in [1.54, 1.807) is 4.90 Å².